The average molecular weight is 388 g/mol. The number of carbonyl (C=O) groups is 1. The van der Waals surface area contributed by atoms with Crippen LogP contribution in [0.25, 0.3) is 0 Å². The Balaban J connectivity index is 1.53. The van der Waals surface area contributed by atoms with Crippen LogP contribution in [0.3, 0.4) is 0 Å². The zero-order chi connectivity index (χ0) is 19.2. The van der Waals surface area contributed by atoms with Crippen molar-refractivity contribution >= 4 is 21.6 Å². The number of hydrogen-bond acceptors (Lipinski definition) is 4. The number of rotatable bonds is 4. The minimum atomic E-state index is -3.64. The van der Waals surface area contributed by atoms with Gasteiger partial charge < -0.3 is 9.47 Å². The number of imidazole rings is 1. The number of aromatic nitrogens is 2. The van der Waals surface area contributed by atoms with Gasteiger partial charge in [-0.15, -0.1) is 0 Å². The zero-order valence-electron chi connectivity index (χ0n) is 15.7. The lowest BCUT2D eigenvalue weighted by Gasteiger charge is -2.15. The number of anilines is 1. The summed E-state index contributed by atoms with van der Waals surface area (Å²) < 4.78 is 30.2. The highest BCUT2D eigenvalue weighted by molar-refractivity contribution is 7.89. The molecular formula is C19H24N4O3S. The number of nitrogens with one attached hydrogen (secondary N) is 1. The van der Waals surface area contributed by atoms with Gasteiger partial charge in [0.1, 0.15) is 5.82 Å². The molecule has 0 fully saturated rings. The third-order valence-corrected chi connectivity index (χ3v) is 6.92. The van der Waals surface area contributed by atoms with Gasteiger partial charge in [0.2, 0.25) is 15.9 Å². The first-order valence-corrected chi connectivity index (χ1v) is 10.8. The van der Waals surface area contributed by atoms with E-state index in [1.807, 2.05) is 11.6 Å². The molecule has 0 atom stereocenters. The molecule has 2 heterocycles. The fourth-order valence-electron chi connectivity index (χ4n) is 4.02. The van der Waals surface area contributed by atoms with Crippen molar-refractivity contribution in [3.63, 3.8) is 0 Å². The van der Waals surface area contributed by atoms with Crippen LogP contribution in [0.4, 0.5) is 5.69 Å². The second-order valence-corrected chi connectivity index (χ2v) is 8.99. The number of carbonyl (C=O) groups excluding carboxylic acids is 1. The van der Waals surface area contributed by atoms with Gasteiger partial charge in [0.05, 0.1) is 17.1 Å². The summed E-state index contributed by atoms with van der Waals surface area (Å²) in [5, 5.41) is 0. The van der Waals surface area contributed by atoms with Gasteiger partial charge in [-0.05, 0) is 55.9 Å². The highest BCUT2D eigenvalue weighted by Crippen LogP contribution is 2.30. The zero-order valence-corrected chi connectivity index (χ0v) is 16.5. The molecule has 2 aromatic rings. The number of aryl methyl sites for hydroxylation is 1. The van der Waals surface area contributed by atoms with E-state index in [9.17, 15) is 13.2 Å². The van der Waals surface area contributed by atoms with Gasteiger partial charge in [-0.2, -0.15) is 0 Å². The number of amides is 1. The molecule has 1 amide bonds. The van der Waals surface area contributed by atoms with E-state index >= 15 is 0 Å². The molecule has 0 saturated heterocycles. The van der Waals surface area contributed by atoms with Crippen LogP contribution in [0.15, 0.2) is 23.1 Å². The van der Waals surface area contributed by atoms with Crippen LogP contribution < -0.4 is 9.62 Å². The molecular weight excluding hydrogens is 364 g/mol. The normalized spacial score (nSPS) is 16.3. The Morgan fingerprint density at radius 1 is 1.22 bits per heavy atom. The van der Waals surface area contributed by atoms with Crippen LogP contribution in [-0.4, -0.2) is 30.4 Å². The van der Waals surface area contributed by atoms with Crippen LogP contribution in [0.1, 0.15) is 42.5 Å². The van der Waals surface area contributed by atoms with E-state index in [4.69, 9.17) is 0 Å². The Hall–Kier alpha value is -2.19. The molecule has 1 aromatic heterocycles. The molecule has 1 aliphatic heterocycles. The summed E-state index contributed by atoms with van der Waals surface area (Å²) in [7, 11) is -1.69. The third-order valence-electron chi connectivity index (χ3n) is 5.52. The van der Waals surface area contributed by atoms with E-state index in [-0.39, 0.29) is 17.3 Å². The summed E-state index contributed by atoms with van der Waals surface area (Å²) in [6, 6.07) is 4.95. The Morgan fingerprint density at radius 3 is 2.74 bits per heavy atom. The lowest BCUT2D eigenvalue weighted by Crippen LogP contribution is -2.26. The molecule has 2 aliphatic rings. The van der Waals surface area contributed by atoms with Crippen molar-refractivity contribution in [2.45, 2.75) is 50.5 Å². The molecule has 0 radical (unpaired) electrons. The highest BCUT2D eigenvalue weighted by atomic mass is 32.2. The van der Waals surface area contributed by atoms with E-state index in [0.29, 0.717) is 13.0 Å². The summed E-state index contributed by atoms with van der Waals surface area (Å²) in [5.41, 5.74) is 4.01. The Bertz CT molecular complexity index is 1010. The topological polar surface area (TPSA) is 84.3 Å². The predicted octanol–water partition coefficient (Wildman–Crippen LogP) is 1.69. The first-order valence-electron chi connectivity index (χ1n) is 9.31. The molecule has 144 valence electrons. The quantitative estimate of drug-likeness (QED) is 0.864. The molecule has 0 bridgehead atoms. The van der Waals surface area contributed by atoms with Gasteiger partial charge >= 0.3 is 0 Å². The number of sulfonamides is 1. The highest BCUT2D eigenvalue weighted by Gasteiger charge is 2.25. The van der Waals surface area contributed by atoms with E-state index in [0.717, 1.165) is 48.5 Å². The first kappa shape index (κ1) is 18.2. The molecule has 7 nitrogen and oxygen atoms in total. The van der Waals surface area contributed by atoms with Crippen LogP contribution in [-0.2, 0) is 47.7 Å². The number of hydrogen-bond donors (Lipinski definition) is 1. The standard InChI is InChI=1S/C19H24N4O3S/c1-13(24)23-10-9-14-11-15(7-8-17(14)23)27(25,26)20-12-19-21-16-5-3-4-6-18(16)22(19)2/h7-8,11,20H,3-6,9-10,12H2,1-2H3. The maximum Gasteiger partial charge on any atom is 0.240 e. The summed E-state index contributed by atoms with van der Waals surface area (Å²) >= 11 is 0. The fraction of sp³-hybridized carbons (Fsp3) is 0.474. The van der Waals surface area contributed by atoms with Gasteiger partial charge in [0.25, 0.3) is 0 Å². The van der Waals surface area contributed by atoms with Crippen LogP contribution >= 0.6 is 0 Å². The lowest BCUT2D eigenvalue weighted by molar-refractivity contribution is -0.116. The molecule has 1 N–H and O–H groups in total. The van der Waals surface area contributed by atoms with Gasteiger partial charge in [-0.3, -0.25) is 4.79 Å². The van der Waals surface area contributed by atoms with Crippen molar-refractivity contribution < 1.29 is 13.2 Å². The van der Waals surface area contributed by atoms with Crippen LogP contribution in [0, 0.1) is 0 Å². The second kappa shape index (κ2) is 6.76. The largest absolute Gasteiger partial charge is 0.334 e. The predicted molar refractivity (Wildman–Crippen MR) is 102 cm³/mol. The molecule has 8 heteroatoms. The van der Waals surface area contributed by atoms with Crippen molar-refractivity contribution in [1.29, 1.82) is 0 Å². The van der Waals surface area contributed by atoms with E-state index in [2.05, 4.69) is 9.71 Å². The number of nitrogens with zero attached hydrogens (tertiary/aromatic N) is 3. The second-order valence-electron chi connectivity index (χ2n) is 7.22. The van der Waals surface area contributed by atoms with Gasteiger partial charge in [-0.25, -0.2) is 18.1 Å². The van der Waals surface area contributed by atoms with E-state index in [1.54, 1.807) is 23.1 Å². The van der Waals surface area contributed by atoms with Crippen LogP contribution in [0.5, 0.6) is 0 Å². The monoisotopic (exact) mass is 388 g/mol. The Labute approximate surface area is 159 Å². The summed E-state index contributed by atoms with van der Waals surface area (Å²) in [4.78, 5) is 18.2. The summed E-state index contributed by atoms with van der Waals surface area (Å²) in [6.07, 6.45) is 4.94. The van der Waals surface area contributed by atoms with Crippen molar-refractivity contribution in [1.82, 2.24) is 14.3 Å². The Kier molecular flexibility index (Phi) is 4.55. The Morgan fingerprint density at radius 2 is 2.00 bits per heavy atom. The van der Waals surface area contributed by atoms with Crippen molar-refractivity contribution in [3.8, 4) is 0 Å². The first-order chi connectivity index (χ1) is 12.9. The van der Waals surface area contributed by atoms with Crippen molar-refractivity contribution in [3.05, 3.63) is 41.0 Å². The lowest BCUT2D eigenvalue weighted by atomic mass is 10.0. The molecule has 27 heavy (non-hydrogen) atoms. The molecule has 0 saturated carbocycles. The number of fused-ring (bicyclic) bond motifs is 2. The maximum atomic E-state index is 12.7. The van der Waals surface area contributed by atoms with Gasteiger partial charge in [-0.1, -0.05) is 0 Å². The minimum Gasteiger partial charge on any atom is -0.334 e. The molecule has 1 aromatic carbocycles. The van der Waals surface area contributed by atoms with Crippen LogP contribution in [0.2, 0.25) is 0 Å². The van der Waals surface area contributed by atoms with E-state index < -0.39 is 10.0 Å². The SMILES string of the molecule is CC(=O)N1CCc2cc(S(=O)(=O)NCc3nc4c(n3C)CCCC4)ccc21. The smallest absolute Gasteiger partial charge is 0.240 e. The fourth-order valence-corrected chi connectivity index (χ4v) is 5.05. The summed E-state index contributed by atoms with van der Waals surface area (Å²) in [6.45, 7) is 2.29. The van der Waals surface area contributed by atoms with Gasteiger partial charge in [0, 0.05) is 31.9 Å². The molecule has 0 spiro atoms. The number of benzene rings is 1. The molecule has 1 aliphatic carbocycles. The van der Waals surface area contributed by atoms with Crippen molar-refractivity contribution in [2.24, 2.45) is 7.05 Å². The molecule has 4 rings (SSSR count). The third kappa shape index (κ3) is 3.27. The van der Waals surface area contributed by atoms with E-state index in [1.165, 1.54) is 12.6 Å². The minimum absolute atomic E-state index is 0.0266. The average Bonchev–Trinajstić information content (AvgIpc) is 3.21. The maximum absolute atomic E-state index is 12.7. The van der Waals surface area contributed by atoms with Gasteiger partial charge in [0.15, 0.2) is 0 Å². The summed E-state index contributed by atoms with van der Waals surface area (Å²) in [5.74, 6) is 0.718. The van der Waals surface area contributed by atoms with Crippen molar-refractivity contribution in [2.75, 3.05) is 11.4 Å². The molecule has 0 unspecified atom stereocenters.